The summed E-state index contributed by atoms with van der Waals surface area (Å²) in [4.78, 5) is 27.9. The molecule has 0 atom stereocenters. The second-order valence-corrected chi connectivity index (χ2v) is 5.84. The van der Waals surface area contributed by atoms with Crippen molar-refractivity contribution in [2.75, 3.05) is 17.2 Å². The first kappa shape index (κ1) is 17.5. The summed E-state index contributed by atoms with van der Waals surface area (Å²) in [6, 6.07) is 10.3. The first-order valence-corrected chi connectivity index (χ1v) is 7.72. The van der Waals surface area contributed by atoms with Gasteiger partial charge in [0.1, 0.15) is 0 Å². The van der Waals surface area contributed by atoms with Crippen LogP contribution in [-0.2, 0) is 4.74 Å². The molecule has 2 rings (SSSR count). The molecule has 2 aromatic rings. The van der Waals surface area contributed by atoms with Gasteiger partial charge in [0.05, 0.1) is 12.2 Å². The van der Waals surface area contributed by atoms with Crippen molar-refractivity contribution in [3.05, 3.63) is 53.9 Å². The molecule has 2 amide bonds. The monoisotopic (exact) mass is 327 g/mol. The van der Waals surface area contributed by atoms with Crippen LogP contribution in [0.15, 0.2) is 42.6 Å². The highest BCUT2D eigenvalue weighted by Crippen LogP contribution is 2.16. The number of anilines is 2. The molecule has 1 aromatic carbocycles. The zero-order valence-corrected chi connectivity index (χ0v) is 14.0. The number of amides is 2. The van der Waals surface area contributed by atoms with Crippen LogP contribution in [-0.4, -0.2) is 23.6 Å². The highest BCUT2D eigenvalue weighted by molar-refractivity contribution is 6.04. The summed E-state index contributed by atoms with van der Waals surface area (Å²) in [6.07, 6.45) is 1.01. The van der Waals surface area contributed by atoms with Gasteiger partial charge in [-0.15, -0.1) is 0 Å². The Kier molecular flexibility index (Phi) is 5.89. The average Bonchev–Trinajstić information content (AvgIpc) is 2.54. The summed E-state index contributed by atoms with van der Waals surface area (Å²) in [7, 11) is 0. The van der Waals surface area contributed by atoms with Crippen LogP contribution < -0.4 is 10.6 Å². The van der Waals surface area contributed by atoms with Gasteiger partial charge in [0.15, 0.2) is 0 Å². The predicted octanol–water partition coefficient (Wildman–Crippen LogP) is 3.85. The number of ether oxygens (including phenoxy) is 1. The maximum Gasteiger partial charge on any atom is 0.411 e. The first-order chi connectivity index (χ1) is 11.4. The average molecular weight is 327 g/mol. The van der Waals surface area contributed by atoms with Crippen LogP contribution in [0.1, 0.15) is 29.9 Å². The molecule has 24 heavy (non-hydrogen) atoms. The van der Waals surface area contributed by atoms with Gasteiger partial charge in [-0.2, -0.15) is 0 Å². The molecule has 6 heteroatoms. The van der Waals surface area contributed by atoms with Crippen molar-refractivity contribution in [1.82, 2.24) is 4.98 Å². The van der Waals surface area contributed by atoms with Gasteiger partial charge >= 0.3 is 6.09 Å². The van der Waals surface area contributed by atoms with Gasteiger partial charge in [-0.3, -0.25) is 15.1 Å². The number of carbonyl (C=O) groups excluding carboxylic acids is 2. The number of hydrogen-bond donors (Lipinski definition) is 2. The lowest BCUT2D eigenvalue weighted by molar-refractivity contribution is 0.102. The van der Waals surface area contributed by atoms with E-state index in [1.807, 2.05) is 20.8 Å². The van der Waals surface area contributed by atoms with E-state index in [1.165, 1.54) is 6.20 Å². The van der Waals surface area contributed by atoms with Gasteiger partial charge in [-0.05, 0) is 43.2 Å². The van der Waals surface area contributed by atoms with Crippen LogP contribution >= 0.6 is 0 Å². The molecule has 0 aliphatic carbocycles. The molecule has 0 radical (unpaired) electrons. The number of carbonyl (C=O) groups is 2. The summed E-state index contributed by atoms with van der Waals surface area (Å²) in [5, 5.41) is 5.40. The Hall–Kier alpha value is -2.89. The van der Waals surface area contributed by atoms with Crippen molar-refractivity contribution in [3.8, 4) is 0 Å². The van der Waals surface area contributed by atoms with E-state index in [-0.39, 0.29) is 11.8 Å². The van der Waals surface area contributed by atoms with Crippen molar-refractivity contribution in [2.45, 2.75) is 20.8 Å². The first-order valence-electron chi connectivity index (χ1n) is 7.72. The Morgan fingerprint density at radius 1 is 1.12 bits per heavy atom. The Morgan fingerprint density at radius 2 is 1.83 bits per heavy atom. The van der Waals surface area contributed by atoms with Gasteiger partial charge in [0.25, 0.3) is 5.91 Å². The molecule has 0 bridgehead atoms. The Morgan fingerprint density at radius 3 is 2.46 bits per heavy atom. The number of aromatic nitrogens is 1. The SMILES string of the molecule is Cc1ccc(C(=O)Nc2cccc(NC(=O)OCC(C)C)c2)cn1. The topological polar surface area (TPSA) is 80.3 Å². The fourth-order valence-electron chi connectivity index (χ4n) is 1.88. The van der Waals surface area contributed by atoms with E-state index in [9.17, 15) is 9.59 Å². The maximum atomic E-state index is 12.2. The minimum absolute atomic E-state index is 0.262. The van der Waals surface area contributed by atoms with Gasteiger partial charge < -0.3 is 10.1 Å². The van der Waals surface area contributed by atoms with Gasteiger partial charge in [0.2, 0.25) is 0 Å². The molecule has 126 valence electrons. The lowest BCUT2D eigenvalue weighted by Crippen LogP contribution is -2.17. The minimum atomic E-state index is -0.519. The summed E-state index contributed by atoms with van der Waals surface area (Å²) < 4.78 is 5.06. The quantitative estimate of drug-likeness (QED) is 0.874. The van der Waals surface area contributed by atoms with E-state index in [0.717, 1.165) is 5.69 Å². The van der Waals surface area contributed by atoms with Crippen molar-refractivity contribution < 1.29 is 14.3 Å². The highest BCUT2D eigenvalue weighted by Gasteiger charge is 2.08. The molecule has 0 fully saturated rings. The number of hydrogen-bond acceptors (Lipinski definition) is 4. The minimum Gasteiger partial charge on any atom is -0.449 e. The second-order valence-electron chi connectivity index (χ2n) is 5.84. The Labute approximate surface area is 141 Å². The molecule has 0 aliphatic heterocycles. The van der Waals surface area contributed by atoms with Crippen LogP contribution in [0, 0.1) is 12.8 Å². The van der Waals surface area contributed by atoms with Crippen LogP contribution in [0.4, 0.5) is 16.2 Å². The lowest BCUT2D eigenvalue weighted by atomic mass is 10.2. The van der Waals surface area contributed by atoms with Gasteiger partial charge in [0, 0.05) is 23.3 Å². The molecule has 0 unspecified atom stereocenters. The summed E-state index contributed by atoms with van der Waals surface area (Å²) in [6.45, 7) is 6.13. The Balaban J connectivity index is 1.98. The third-order valence-corrected chi connectivity index (χ3v) is 3.09. The fourth-order valence-corrected chi connectivity index (χ4v) is 1.88. The highest BCUT2D eigenvalue weighted by atomic mass is 16.5. The lowest BCUT2D eigenvalue weighted by Gasteiger charge is -2.10. The standard InChI is InChI=1S/C18H21N3O3/c1-12(2)11-24-18(23)21-16-6-4-5-15(9-16)20-17(22)14-8-7-13(3)19-10-14/h4-10,12H,11H2,1-3H3,(H,20,22)(H,21,23). The fraction of sp³-hybridized carbons (Fsp3) is 0.278. The third kappa shape index (κ3) is 5.39. The molecule has 0 saturated heterocycles. The normalized spacial score (nSPS) is 10.3. The van der Waals surface area contributed by atoms with Crippen molar-refractivity contribution in [3.63, 3.8) is 0 Å². The third-order valence-electron chi connectivity index (χ3n) is 3.09. The Bertz CT molecular complexity index is 712. The van der Waals surface area contributed by atoms with E-state index in [4.69, 9.17) is 4.74 Å². The van der Waals surface area contributed by atoms with Crippen LogP contribution in [0.5, 0.6) is 0 Å². The molecular formula is C18H21N3O3. The predicted molar refractivity (Wildman–Crippen MR) is 93.2 cm³/mol. The van der Waals surface area contributed by atoms with E-state index >= 15 is 0 Å². The number of nitrogens with one attached hydrogen (secondary N) is 2. The molecule has 1 heterocycles. The largest absolute Gasteiger partial charge is 0.449 e. The summed E-state index contributed by atoms with van der Waals surface area (Å²) in [5.41, 5.74) is 2.43. The van der Waals surface area contributed by atoms with E-state index in [1.54, 1.807) is 36.4 Å². The summed E-state index contributed by atoms with van der Waals surface area (Å²) >= 11 is 0. The number of rotatable bonds is 5. The molecular weight excluding hydrogens is 306 g/mol. The van der Waals surface area contributed by atoms with Crippen molar-refractivity contribution >= 4 is 23.4 Å². The molecule has 1 aromatic heterocycles. The van der Waals surface area contributed by atoms with E-state index in [0.29, 0.717) is 23.5 Å². The van der Waals surface area contributed by atoms with Crippen LogP contribution in [0.25, 0.3) is 0 Å². The zero-order valence-electron chi connectivity index (χ0n) is 14.0. The number of aryl methyl sites for hydroxylation is 1. The summed E-state index contributed by atoms with van der Waals surface area (Å²) in [5.74, 6) is 0.00604. The zero-order chi connectivity index (χ0) is 17.5. The van der Waals surface area contributed by atoms with Gasteiger partial charge in [-0.25, -0.2) is 4.79 Å². The molecule has 0 aliphatic rings. The van der Waals surface area contributed by atoms with Crippen molar-refractivity contribution in [1.29, 1.82) is 0 Å². The van der Waals surface area contributed by atoms with Crippen molar-refractivity contribution in [2.24, 2.45) is 5.92 Å². The second kappa shape index (κ2) is 8.10. The van der Waals surface area contributed by atoms with Crippen LogP contribution in [0.2, 0.25) is 0 Å². The smallest absolute Gasteiger partial charge is 0.411 e. The molecule has 6 nitrogen and oxygen atoms in total. The number of benzene rings is 1. The number of pyridine rings is 1. The number of nitrogens with zero attached hydrogens (tertiary/aromatic N) is 1. The molecule has 0 saturated carbocycles. The van der Waals surface area contributed by atoms with E-state index in [2.05, 4.69) is 15.6 Å². The maximum absolute atomic E-state index is 12.2. The molecule has 2 N–H and O–H groups in total. The van der Waals surface area contributed by atoms with Crippen LogP contribution in [0.3, 0.4) is 0 Å². The molecule has 0 spiro atoms. The van der Waals surface area contributed by atoms with Gasteiger partial charge in [-0.1, -0.05) is 19.9 Å². The van der Waals surface area contributed by atoms with E-state index < -0.39 is 6.09 Å².